The highest BCUT2D eigenvalue weighted by molar-refractivity contribution is 7.99. The molecular weight excluding hydrogens is 582 g/mol. The average Bonchev–Trinajstić information content (AvgIpc) is 3.03. The summed E-state index contributed by atoms with van der Waals surface area (Å²) in [5, 5.41) is 3.43. The number of amides is 2. The summed E-state index contributed by atoms with van der Waals surface area (Å²) >= 11 is 1.21. The second kappa shape index (κ2) is 15.1. The van der Waals surface area contributed by atoms with E-state index in [1.165, 1.54) is 38.0 Å². The maximum atomic E-state index is 14.2. The first kappa shape index (κ1) is 32.1. The van der Waals surface area contributed by atoms with Gasteiger partial charge in [0.1, 0.15) is 11.8 Å². The molecule has 0 spiro atoms. The molecule has 12 heteroatoms. The van der Waals surface area contributed by atoms with Crippen molar-refractivity contribution in [2.24, 2.45) is 0 Å². The maximum absolute atomic E-state index is 14.2. The van der Waals surface area contributed by atoms with Gasteiger partial charge in [-0.25, -0.2) is 9.97 Å². The van der Waals surface area contributed by atoms with E-state index in [1.807, 2.05) is 26.0 Å². The summed E-state index contributed by atoms with van der Waals surface area (Å²) in [5.74, 6) is 0.912. The molecule has 0 aliphatic carbocycles. The van der Waals surface area contributed by atoms with Crippen molar-refractivity contribution in [3.05, 3.63) is 89.5 Å². The van der Waals surface area contributed by atoms with Crippen LogP contribution in [0.5, 0.6) is 23.0 Å². The molecule has 0 saturated heterocycles. The van der Waals surface area contributed by atoms with Crippen LogP contribution >= 0.6 is 11.8 Å². The van der Waals surface area contributed by atoms with Crippen LogP contribution in [-0.2, 0) is 16.1 Å². The van der Waals surface area contributed by atoms with E-state index in [2.05, 4.69) is 20.3 Å². The molecule has 0 bridgehead atoms. The fourth-order valence-corrected chi connectivity index (χ4v) is 5.43. The van der Waals surface area contributed by atoms with Crippen molar-refractivity contribution >= 4 is 29.3 Å². The molecule has 4 rings (SSSR count). The van der Waals surface area contributed by atoms with Gasteiger partial charge in [0.2, 0.25) is 11.7 Å². The highest BCUT2D eigenvalue weighted by Crippen LogP contribution is 2.41. The Morgan fingerprint density at radius 2 is 1.55 bits per heavy atom. The molecule has 44 heavy (non-hydrogen) atoms. The Morgan fingerprint density at radius 3 is 2.09 bits per heavy atom. The lowest BCUT2D eigenvalue weighted by Crippen LogP contribution is -2.42. The Kier molecular flexibility index (Phi) is 11.0. The summed E-state index contributed by atoms with van der Waals surface area (Å²) in [6.45, 7) is 3.84. The normalized spacial score (nSPS) is 11.3. The van der Waals surface area contributed by atoms with Crippen molar-refractivity contribution < 1.29 is 28.5 Å². The van der Waals surface area contributed by atoms with E-state index in [1.54, 1.807) is 62.0 Å². The van der Waals surface area contributed by atoms with Gasteiger partial charge in [-0.2, -0.15) is 0 Å². The fraction of sp³-hybridized carbons (Fsp3) is 0.281. The van der Waals surface area contributed by atoms with Gasteiger partial charge in [-0.3, -0.25) is 14.6 Å². The summed E-state index contributed by atoms with van der Waals surface area (Å²) < 4.78 is 22.0. The minimum absolute atomic E-state index is 0.0140. The number of rotatable bonds is 13. The van der Waals surface area contributed by atoms with Gasteiger partial charge in [0, 0.05) is 36.0 Å². The highest BCUT2D eigenvalue weighted by Gasteiger charge is 2.34. The molecule has 0 saturated carbocycles. The molecule has 1 unspecified atom stereocenters. The van der Waals surface area contributed by atoms with Crippen LogP contribution in [0.15, 0.2) is 72.1 Å². The Morgan fingerprint density at radius 1 is 0.886 bits per heavy atom. The standard InChI is InChI=1S/C32H35N5O6S/c1-20-14-21(2)35-32(34-20)44-19-28(38)37(18-22-8-7-13-33-17-22)29(31(39)36-24-9-11-25(40-3)12-10-24)23-15-26(41-4)30(43-6)27(16-23)42-5/h7-17,29H,18-19H2,1-6H3,(H,36,39). The first-order valence-electron chi connectivity index (χ1n) is 13.6. The van der Waals surface area contributed by atoms with E-state index in [0.717, 1.165) is 17.0 Å². The van der Waals surface area contributed by atoms with Gasteiger partial charge in [-0.05, 0) is 73.5 Å². The van der Waals surface area contributed by atoms with E-state index in [-0.39, 0.29) is 18.2 Å². The quantitative estimate of drug-likeness (QED) is 0.161. The molecule has 1 N–H and O–H groups in total. The number of ether oxygens (including phenoxy) is 4. The second-order valence-corrected chi connectivity index (χ2v) is 10.6. The molecule has 0 fully saturated rings. The summed E-state index contributed by atoms with van der Waals surface area (Å²) in [4.78, 5) is 43.0. The number of aromatic nitrogens is 3. The molecule has 230 valence electrons. The Hall–Kier alpha value is -4.84. The van der Waals surface area contributed by atoms with E-state index in [4.69, 9.17) is 18.9 Å². The lowest BCUT2D eigenvalue weighted by molar-refractivity contribution is -0.137. The zero-order valence-electron chi connectivity index (χ0n) is 25.5. The molecular formula is C32H35N5O6S. The molecule has 2 aromatic carbocycles. The summed E-state index contributed by atoms with van der Waals surface area (Å²) in [7, 11) is 6.05. The minimum Gasteiger partial charge on any atom is -0.497 e. The van der Waals surface area contributed by atoms with Gasteiger partial charge >= 0.3 is 0 Å². The Balaban J connectivity index is 1.80. The lowest BCUT2D eigenvalue weighted by atomic mass is 10.0. The number of thioether (sulfide) groups is 1. The number of pyridine rings is 1. The van der Waals surface area contributed by atoms with E-state index >= 15 is 0 Å². The maximum Gasteiger partial charge on any atom is 0.251 e. The number of nitrogens with zero attached hydrogens (tertiary/aromatic N) is 4. The number of aryl methyl sites for hydroxylation is 2. The number of hydrogen-bond acceptors (Lipinski definition) is 10. The molecule has 4 aromatic rings. The van der Waals surface area contributed by atoms with Crippen LogP contribution in [0.25, 0.3) is 0 Å². The SMILES string of the molecule is COc1ccc(NC(=O)C(c2cc(OC)c(OC)c(OC)c2)N(Cc2cccnc2)C(=O)CSc2nc(C)cc(C)n2)cc1. The monoisotopic (exact) mass is 617 g/mol. The van der Waals surface area contributed by atoms with Crippen LogP contribution in [-0.4, -0.2) is 65.9 Å². The number of hydrogen-bond donors (Lipinski definition) is 1. The van der Waals surface area contributed by atoms with Crippen molar-refractivity contribution in [2.75, 3.05) is 39.5 Å². The number of methoxy groups -OCH3 is 4. The van der Waals surface area contributed by atoms with Gasteiger partial charge < -0.3 is 29.2 Å². The van der Waals surface area contributed by atoms with Gasteiger partial charge in [-0.15, -0.1) is 0 Å². The third kappa shape index (κ3) is 7.95. The third-order valence-electron chi connectivity index (χ3n) is 6.60. The van der Waals surface area contributed by atoms with Crippen LogP contribution in [0.1, 0.15) is 28.6 Å². The topological polar surface area (TPSA) is 125 Å². The van der Waals surface area contributed by atoms with Gasteiger partial charge in [0.05, 0.1) is 34.2 Å². The molecule has 0 aliphatic rings. The summed E-state index contributed by atoms with van der Waals surface area (Å²) in [6, 6.07) is 14.7. The minimum atomic E-state index is -1.11. The Bertz CT molecular complexity index is 1540. The lowest BCUT2D eigenvalue weighted by Gasteiger charge is -2.32. The molecule has 0 aliphatic heterocycles. The predicted molar refractivity (Wildman–Crippen MR) is 167 cm³/mol. The van der Waals surface area contributed by atoms with E-state index in [0.29, 0.717) is 39.4 Å². The molecule has 2 amide bonds. The highest BCUT2D eigenvalue weighted by atomic mass is 32.2. The molecule has 2 aromatic heterocycles. The van der Waals surface area contributed by atoms with E-state index in [9.17, 15) is 9.59 Å². The zero-order chi connectivity index (χ0) is 31.6. The van der Waals surface area contributed by atoms with Crippen molar-refractivity contribution in [3.63, 3.8) is 0 Å². The average molecular weight is 618 g/mol. The van der Waals surface area contributed by atoms with Gasteiger partial charge in [0.25, 0.3) is 5.91 Å². The summed E-state index contributed by atoms with van der Waals surface area (Å²) in [5.41, 5.74) is 3.32. The second-order valence-electron chi connectivity index (χ2n) is 9.68. The van der Waals surface area contributed by atoms with Crippen molar-refractivity contribution in [1.29, 1.82) is 0 Å². The van der Waals surface area contributed by atoms with Gasteiger partial charge in [-0.1, -0.05) is 17.8 Å². The predicted octanol–water partition coefficient (Wildman–Crippen LogP) is 5.02. The first-order chi connectivity index (χ1) is 21.3. The number of benzene rings is 2. The fourth-order valence-electron chi connectivity index (χ4n) is 4.60. The van der Waals surface area contributed by atoms with Crippen LogP contribution < -0.4 is 24.3 Å². The number of nitrogens with one attached hydrogen (secondary N) is 1. The number of anilines is 1. The smallest absolute Gasteiger partial charge is 0.251 e. The Labute approximate surface area is 260 Å². The third-order valence-corrected chi connectivity index (χ3v) is 7.44. The van der Waals surface area contributed by atoms with E-state index < -0.39 is 11.9 Å². The van der Waals surface area contributed by atoms with Crippen LogP contribution in [0.3, 0.4) is 0 Å². The first-order valence-corrected chi connectivity index (χ1v) is 14.6. The van der Waals surface area contributed by atoms with Crippen molar-refractivity contribution in [3.8, 4) is 23.0 Å². The van der Waals surface area contributed by atoms with Crippen LogP contribution in [0.2, 0.25) is 0 Å². The van der Waals surface area contributed by atoms with Crippen molar-refractivity contribution in [2.45, 2.75) is 31.6 Å². The number of carbonyl (C=O) groups excluding carboxylic acids is 2. The van der Waals surface area contributed by atoms with Crippen LogP contribution in [0, 0.1) is 13.8 Å². The molecule has 2 heterocycles. The van der Waals surface area contributed by atoms with Crippen molar-refractivity contribution in [1.82, 2.24) is 19.9 Å². The molecule has 1 atom stereocenters. The summed E-state index contributed by atoms with van der Waals surface area (Å²) in [6.07, 6.45) is 3.31. The largest absolute Gasteiger partial charge is 0.497 e. The van der Waals surface area contributed by atoms with Crippen LogP contribution in [0.4, 0.5) is 5.69 Å². The van der Waals surface area contributed by atoms with Gasteiger partial charge in [0.15, 0.2) is 16.7 Å². The zero-order valence-corrected chi connectivity index (χ0v) is 26.3. The molecule has 11 nitrogen and oxygen atoms in total. The molecule has 0 radical (unpaired) electrons. The number of carbonyl (C=O) groups is 2.